The number of urea groups is 1. The molecule has 0 atom stereocenters. The van der Waals surface area contributed by atoms with Crippen LogP contribution in [0.4, 0.5) is 10.5 Å². The van der Waals surface area contributed by atoms with Crippen molar-refractivity contribution >= 4 is 29.3 Å². The number of furan rings is 1. The highest BCUT2D eigenvalue weighted by Gasteiger charge is 2.16. The summed E-state index contributed by atoms with van der Waals surface area (Å²) in [6.45, 7) is 2.64. The summed E-state index contributed by atoms with van der Waals surface area (Å²) >= 11 is 1.32. The van der Waals surface area contributed by atoms with Gasteiger partial charge in [0.1, 0.15) is 0 Å². The summed E-state index contributed by atoms with van der Waals surface area (Å²) in [5, 5.41) is 11.4. The summed E-state index contributed by atoms with van der Waals surface area (Å²) in [4.78, 5) is 23.2. The van der Waals surface area contributed by atoms with Crippen molar-refractivity contribution in [1.29, 1.82) is 0 Å². The number of carbonyl (C=O) groups excluding carboxylic acids is 2. The van der Waals surface area contributed by atoms with Gasteiger partial charge in [0.25, 0.3) is 0 Å². The minimum Gasteiger partial charge on any atom is -0.461 e. The van der Waals surface area contributed by atoms with E-state index in [1.807, 2.05) is 17.6 Å². The molecule has 3 rings (SSSR count). The Morgan fingerprint density at radius 2 is 2.00 bits per heavy atom. The molecular weight excluding hydrogens is 354 g/mol. The second-order valence-corrected chi connectivity index (χ2v) is 6.25. The first-order valence-corrected chi connectivity index (χ1v) is 8.86. The number of hydrogen-bond acceptors (Lipinski definition) is 6. The highest BCUT2D eigenvalue weighted by Crippen LogP contribution is 2.25. The van der Waals surface area contributed by atoms with Crippen LogP contribution in [0.5, 0.6) is 0 Å². The molecule has 26 heavy (non-hydrogen) atoms. The number of primary amides is 1. The van der Waals surface area contributed by atoms with Crippen molar-refractivity contribution in [2.24, 2.45) is 5.73 Å². The van der Waals surface area contributed by atoms with Gasteiger partial charge in [0.15, 0.2) is 22.5 Å². The zero-order chi connectivity index (χ0) is 18.5. The highest BCUT2D eigenvalue weighted by atomic mass is 32.2. The summed E-state index contributed by atoms with van der Waals surface area (Å²) < 4.78 is 7.27. The van der Waals surface area contributed by atoms with Crippen molar-refractivity contribution in [1.82, 2.24) is 14.8 Å². The Hall–Kier alpha value is -3.07. The van der Waals surface area contributed by atoms with Crippen LogP contribution in [0.25, 0.3) is 11.6 Å². The molecule has 0 bridgehead atoms. The average Bonchev–Trinajstić information content (AvgIpc) is 3.28. The van der Waals surface area contributed by atoms with Crippen LogP contribution in [0.2, 0.25) is 0 Å². The van der Waals surface area contributed by atoms with Gasteiger partial charge in [0, 0.05) is 17.8 Å². The molecule has 8 nitrogen and oxygen atoms in total. The Morgan fingerprint density at radius 1 is 1.23 bits per heavy atom. The van der Waals surface area contributed by atoms with Gasteiger partial charge in [-0.2, -0.15) is 0 Å². The van der Waals surface area contributed by atoms with Crippen molar-refractivity contribution in [3.8, 4) is 11.6 Å². The standard InChI is InChI=1S/C17H17N5O3S/c1-2-22-15(14-4-3-9-25-14)20-21-17(22)26-10-13(23)11-5-7-12(8-6-11)19-16(18)24/h3-9H,2,10H2,1H3,(H3,18,19,24). The number of thioether (sulfide) groups is 1. The first kappa shape index (κ1) is 17.7. The molecule has 0 unspecified atom stereocenters. The smallest absolute Gasteiger partial charge is 0.316 e. The third-order valence-electron chi connectivity index (χ3n) is 3.58. The number of nitrogens with one attached hydrogen (secondary N) is 1. The molecule has 0 aliphatic heterocycles. The highest BCUT2D eigenvalue weighted by molar-refractivity contribution is 7.99. The van der Waals surface area contributed by atoms with Gasteiger partial charge in [-0.25, -0.2) is 4.79 Å². The molecule has 2 amide bonds. The number of ketones is 1. The van der Waals surface area contributed by atoms with Gasteiger partial charge in [0.05, 0.1) is 12.0 Å². The Labute approximate surface area is 153 Å². The molecule has 0 radical (unpaired) electrons. The van der Waals surface area contributed by atoms with Gasteiger partial charge in [-0.05, 0) is 43.3 Å². The van der Waals surface area contributed by atoms with E-state index in [9.17, 15) is 9.59 Å². The minimum atomic E-state index is -0.647. The van der Waals surface area contributed by atoms with Crippen LogP contribution < -0.4 is 11.1 Å². The maximum absolute atomic E-state index is 12.4. The number of benzene rings is 1. The Bertz CT molecular complexity index is 903. The van der Waals surface area contributed by atoms with E-state index in [4.69, 9.17) is 10.2 Å². The van der Waals surface area contributed by atoms with Gasteiger partial charge in [-0.3, -0.25) is 9.36 Å². The van der Waals surface area contributed by atoms with Crippen LogP contribution in [0.15, 0.2) is 52.2 Å². The molecule has 0 spiro atoms. The third kappa shape index (κ3) is 3.94. The van der Waals surface area contributed by atoms with Crippen molar-refractivity contribution in [3.63, 3.8) is 0 Å². The molecule has 2 aromatic heterocycles. The van der Waals surface area contributed by atoms with Crippen molar-refractivity contribution < 1.29 is 14.0 Å². The number of Topliss-reactive ketones (excluding diaryl/α,β-unsaturated/α-hetero) is 1. The maximum Gasteiger partial charge on any atom is 0.316 e. The van der Waals surface area contributed by atoms with Gasteiger partial charge in [-0.1, -0.05) is 11.8 Å². The number of amides is 2. The molecule has 3 N–H and O–H groups in total. The lowest BCUT2D eigenvalue weighted by Crippen LogP contribution is -2.19. The number of hydrogen-bond donors (Lipinski definition) is 2. The van der Waals surface area contributed by atoms with Crippen LogP contribution >= 0.6 is 11.8 Å². The van der Waals surface area contributed by atoms with Crippen molar-refractivity contribution in [2.75, 3.05) is 11.1 Å². The lowest BCUT2D eigenvalue weighted by Gasteiger charge is -2.06. The minimum absolute atomic E-state index is 0.0502. The number of nitrogens with two attached hydrogens (primary N) is 1. The molecule has 0 aliphatic carbocycles. The summed E-state index contributed by atoms with van der Waals surface area (Å²) in [5.74, 6) is 1.44. The van der Waals surface area contributed by atoms with E-state index >= 15 is 0 Å². The Kier molecular flexibility index (Phi) is 5.37. The lowest BCUT2D eigenvalue weighted by atomic mass is 10.1. The van der Waals surface area contributed by atoms with E-state index in [1.165, 1.54) is 11.8 Å². The van der Waals surface area contributed by atoms with E-state index < -0.39 is 6.03 Å². The molecule has 9 heteroatoms. The number of aromatic nitrogens is 3. The van der Waals surface area contributed by atoms with Crippen LogP contribution in [0.3, 0.4) is 0 Å². The topological polar surface area (TPSA) is 116 Å². The average molecular weight is 371 g/mol. The SMILES string of the molecule is CCn1c(SCC(=O)c2ccc(NC(N)=O)cc2)nnc1-c1ccco1. The molecular formula is C17H17N5O3S. The monoisotopic (exact) mass is 371 g/mol. The molecule has 0 aliphatic rings. The van der Waals surface area contributed by atoms with E-state index in [0.29, 0.717) is 34.5 Å². The predicted octanol–water partition coefficient (Wildman–Crippen LogP) is 3.02. The lowest BCUT2D eigenvalue weighted by molar-refractivity contribution is 0.102. The Balaban J connectivity index is 1.67. The number of anilines is 1. The zero-order valence-corrected chi connectivity index (χ0v) is 14.8. The van der Waals surface area contributed by atoms with Gasteiger partial charge in [0.2, 0.25) is 0 Å². The summed E-state index contributed by atoms with van der Waals surface area (Å²) in [7, 11) is 0. The maximum atomic E-state index is 12.4. The Morgan fingerprint density at radius 3 is 2.62 bits per heavy atom. The molecule has 134 valence electrons. The summed E-state index contributed by atoms with van der Waals surface area (Å²) in [6.07, 6.45) is 1.58. The van der Waals surface area contributed by atoms with Gasteiger partial charge < -0.3 is 15.5 Å². The molecule has 2 heterocycles. The van der Waals surface area contributed by atoms with Crippen molar-refractivity contribution in [2.45, 2.75) is 18.6 Å². The zero-order valence-electron chi connectivity index (χ0n) is 14.0. The molecule has 3 aromatic rings. The van der Waals surface area contributed by atoms with E-state index in [1.54, 1.807) is 36.6 Å². The molecule has 0 saturated carbocycles. The van der Waals surface area contributed by atoms with Gasteiger partial charge >= 0.3 is 6.03 Å². The van der Waals surface area contributed by atoms with E-state index in [0.717, 1.165) is 0 Å². The normalized spacial score (nSPS) is 10.7. The first-order chi connectivity index (χ1) is 12.6. The van der Waals surface area contributed by atoms with Crippen LogP contribution in [-0.4, -0.2) is 32.3 Å². The second-order valence-electron chi connectivity index (χ2n) is 5.31. The fourth-order valence-corrected chi connectivity index (χ4v) is 3.26. The summed E-state index contributed by atoms with van der Waals surface area (Å²) in [5.41, 5.74) is 6.14. The predicted molar refractivity (Wildman–Crippen MR) is 98.1 cm³/mol. The number of carbonyl (C=O) groups is 2. The first-order valence-electron chi connectivity index (χ1n) is 7.88. The third-order valence-corrected chi connectivity index (χ3v) is 4.55. The number of rotatable bonds is 7. The number of nitrogens with zero attached hydrogens (tertiary/aromatic N) is 3. The second kappa shape index (κ2) is 7.87. The molecule has 0 fully saturated rings. The van der Waals surface area contributed by atoms with Gasteiger partial charge in [-0.15, -0.1) is 10.2 Å². The van der Waals surface area contributed by atoms with Crippen LogP contribution in [0, 0.1) is 0 Å². The summed E-state index contributed by atoms with van der Waals surface area (Å²) in [6, 6.07) is 9.51. The van der Waals surface area contributed by atoms with Crippen molar-refractivity contribution in [3.05, 3.63) is 48.2 Å². The fourth-order valence-electron chi connectivity index (χ4n) is 2.36. The largest absolute Gasteiger partial charge is 0.461 e. The van der Waals surface area contributed by atoms with Crippen LogP contribution in [-0.2, 0) is 6.54 Å². The van der Waals surface area contributed by atoms with E-state index in [-0.39, 0.29) is 11.5 Å². The van der Waals surface area contributed by atoms with Crippen LogP contribution in [0.1, 0.15) is 17.3 Å². The van der Waals surface area contributed by atoms with E-state index in [2.05, 4.69) is 15.5 Å². The molecule has 1 aromatic carbocycles. The quantitative estimate of drug-likeness (QED) is 0.487. The fraction of sp³-hybridized carbons (Fsp3) is 0.176. The molecule has 0 saturated heterocycles.